The van der Waals surface area contributed by atoms with Crippen molar-refractivity contribution < 1.29 is 4.79 Å². The van der Waals surface area contributed by atoms with Gasteiger partial charge in [-0.2, -0.15) is 0 Å². The van der Waals surface area contributed by atoms with Crippen molar-refractivity contribution in [1.29, 1.82) is 0 Å². The number of anilines is 1. The minimum Gasteiger partial charge on any atom is -0.323 e. The molecule has 0 saturated carbocycles. The molecule has 92 valence electrons. The van der Waals surface area contributed by atoms with Crippen molar-refractivity contribution in [3.8, 4) is 0 Å². The minimum atomic E-state index is -0.0430. The lowest BCUT2D eigenvalue weighted by Gasteiger charge is -2.09. The molecule has 2 rings (SSSR count). The smallest absolute Gasteiger partial charge is 0.193 e. The van der Waals surface area contributed by atoms with Crippen LogP contribution in [0.25, 0.3) is 0 Å². The summed E-state index contributed by atoms with van der Waals surface area (Å²) in [5.41, 5.74) is 5.17. The van der Waals surface area contributed by atoms with E-state index in [1.165, 1.54) is 0 Å². The lowest BCUT2D eigenvalue weighted by molar-refractivity contribution is 0.103. The number of rotatable bonds is 3. The molecule has 18 heavy (non-hydrogen) atoms. The number of nitrogen functional groups attached to an aromatic ring is 1. The Hall–Kier alpha value is -1.84. The third kappa shape index (κ3) is 2.37. The van der Waals surface area contributed by atoms with Crippen LogP contribution in [0.4, 0.5) is 5.69 Å². The highest BCUT2D eigenvalue weighted by Crippen LogP contribution is 2.26. The predicted octanol–water partition coefficient (Wildman–Crippen LogP) is 3.17. The van der Waals surface area contributed by atoms with E-state index in [1.807, 2.05) is 25.1 Å². The molecule has 4 heteroatoms. The van der Waals surface area contributed by atoms with Crippen molar-refractivity contribution in [3.05, 3.63) is 64.2 Å². The number of carbonyl (C=O) groups excluding carboxylic acids is 1. The van der Waals surface area contributed by atoms with Crippen molar-refractivity contribution in [2.45, 2.75) is 6.92 Å². The lowest BCUT2D eigenvalue weighted by Crippen LogP contribution is -2.09. The molecule has 0 radical (unpaired) electrons. The summed E-state index contributed by atoms with van der Waals surface area (Å²) in [7, 11) is 0. The summed E-state index contributed by atoms with van der Waals surface area (Å²) >= 11 is 6.04. The van der Waals surface area contributed by atoms with Gasteiger partial charge in [-0.05, 0) is 24.6 Å². The number of hydrogen-bond acceptors (Lipinski definition) is 3. The van der Waals surface area contributed by atoms with Crippen LogP contribution >= 0.6 is 11.6 Å². The Morgan fingerprint density at radius 2 is 1.89 bits per heavy atom. The SMILES string of the molecule is Cc1cc(NN)c(Cl)cc1C(=O)c1ccccc1. The number of nitrogens with one attached hydrogen (secondary N) is 1. The highest BCUT2D eigenvalue weighted by Gasteiger charge is 2.13. The molecule has 0 saturated heterocycles. The molecule has 0 atom stereocenters. The highest BCUT2D eigenvalue weighted by atomic mass is 35.5. The molecule has 0 aliphatic heterocycles. The molecule has 3 nitrogen and oxygen atoms in total. The average molecular weight is 261 g/mol. The highest BCUT2D eigenvalue weighted by molar-refractivity contribution is 6.33. The van der Waals surface area contributed by atoms with Gasteiger partial charge in [0.15, 0.2) is 5.78 Å². The molecular formula is C14H13ClN2O. The van der Waals surface area contributed by atoms with Crippen LogP contribution < -0.4 is 11.3 Å². The first-order valence-electron chi connectivity index (χ1n) is 5.50. The van der Waals surface area contributed by atoms with Gasteiger partial charge in [0.1, 0.15) is 0 Å². The number of nitrogens with two attached hydrogens (primary N) is 1. The molecule has 0 fully saturated rings. The van der Waals surface area contributed by atoms with Gasteiger partial charge in [-0.15, -0.1) is 0 Å². The maximum Gasteiger partial charge on any atom is 0.193 e. The van der Waals surface area contributed by atoms with E-state index < -0.39 is 0 Å². The van der Waals surface area contributed by atoms with Crippen LogP contribution in [-0.4, -0.2) is 5.78 Å². The van der Waals surface area contributed by atoms with E-state index in [9.17, 15) is 4.79 Å². The van der Waals surface area contributed by atoms with Crippen LogP contribution in [0.15, 0.2) is 42.5 Å². The number of benzene rings is 2. The second-order valence-electron chi connectivity index (χ2n) is 3.99. The van der Waals surface area contributed by atoms with Gasteiger partial charge in [0, 0.05) is 11.1 Å². The first-order valence-corrected chi connectivity index (χ1v) is 5.88. The molecule has 0 aliphatic carbocycles. The summed E-state index contributed by atoms with van der Waals surface area (Å²) in [4.78, 5) is 12.3. The van der Waals surface area contributed by atoms with Crippen molar-refractivity contribution in [3.63, 3.8) is 0 Å². The lowest BCUT2D eigenvalue weighted by atomic mass is 9.99. The number of carbonyl (C=O) groups is 1. The maximum absolute atomic E-state index is 12.3. The van der Waals surface area contributed by atoms with E-state index in [4.69, 9.17) is 17.4 Å². The monoisotopic (exact) mass is 260 g/mol. The Morgan fingerprint density at radius 1 is 1.22 bits per heavy atom. The van der Waals surface area contributed by atoms with Gasteiger partial charge in [-0.1, -0.05) is 41.9 Å². The van der Waals surface area contributed by atoms with Gasteiger partial charge < -0.3 is 5.43 Å². The minimum absolute atomic E-state index is 0.0430. The molecule has 0 amide bonds. The zero-order valence-corrected chi connectivity index (χ0v) is 10.7. The summed E-state index contributed by atoms with van der Waals surface area (Å²) < 4.78 is 0. The van der Waals surface area contributed by atoms with Crippen molar-refractivity contribution >= 4 is 23.1 Å². The molecular weight excluding hydrogens is 248 g/mol. The maximum atomic E-state index is 12.3. The Morgan fingerprint density at radius 3 is 2.50 bits per heavy atom. The summed E-state index contributed by atoms with van der Waals surface area (Å²) in [6.07, 6.45) is 0. The second-order valence-corrected chi connectivity index (χ2v) is 4.39. The van der Waals surface area contributed by atoms with Crippen molar-refractivity contribution in [2.75, 3.05) is 5.43 Å². The molecule has 0 unspecified atom stereocenters. The van der Waals surface area contributed by atoms with Crippen molar-refractivity contribution in [2.24, 2.45) is 5.84 Å². The predicted molar refractivity (Wildman–Crippen MR) is 73.9 cm³/mol. The zero-order valence-electron chi connectivity index (χ0n) is 9.91. The van der Waals surface area contributed by atoms with E-state index in [1.54, 1.807) is 24.3 Å². The summed E-state index contributed by atoms with van der Waals surface area (Å²) in [6.45, 7) is 1.85. The number of hydrogen-bond donors (Lipinski definition) is 2. The van der Waals surface area contributed by atoms with Gasteiger partial charge in [0.2, 0.25) is 0 Å². The fourth-order valence-electron chi connectivity index (χ4n) is 1.78. The number of ketones is 1. The molecule has 0 aromatic heterocycles. The fraction of sp³-hybridized carbons (Fsp3) is 0.0714. The van der Waals surface area contributed by atoms with E-state index in [0.717, 1.165) is 5.56 Å². The van der Waals surface area contributed by atoms with Crippen LogP contribution in [0.2, 0.25) is 5.02 Å². The molecule has 0 heterocycles. The summed E-state index contributed by atoms with van der Waals surface area (Å²) in [5.74, 6) is 5.29. The number of aryl methyl sites for hydroxylation is 1. The largest absolute Gasteiger partial charge is 0.323 e. The van der Waals surface area contributed by atoms with E-state index in [2.05, 4.69) is 5.43 Å². The van der Waals surface area contributed by atoms with Gasteiger partial charge in [-0.25, -0.2) is 0 Å². The standard InChI is InChI=1S/C14H13ClN2O/c1-9-7-13(17-16)12(15)8-11(9)14(18)10-5-3-2-4-6-10/h2-8,17H,16H2,1H3. The molecule has 2 aromatic rings. The Kier molecular flexibility index (Phi) is 3.65. The molecule has 0 aliphatic rings. The van der Waals surface area contributed by atoms with E-state index in [0.29, 0.717) is 21.8 Å². The normalized spacial score (nSPS) is 10.2. The van der Waals surface area contributed by atoms with Crippen LogP contribution in [0.3, 0.4) is 0 Å². The number of hydrazine groups is 1. The fourth-order valence-corrected chi connectivity index (χ4v) is 2.00. The average Bonchev–Trinajstić information content (AvgIpc) is 2.41. The second kappa shape index (κ2) is 5.21. The van der Waals surface area contributed by atoms with E-state index >= 15 is 0 Å². The van der Waals surface area contributed by atoms with Crippen molar-refractivity contribution in [1.82, 2.24) is 0 Å². The van der Waals surface area contributed by atoms with Gasteiger partial charge in [0.25, 0.3) is 0 Å². The Labute approximate surface area is 111 Å². The van der Waals surface area contributed by atoms with Gasteiger partial charge in [0.05, 0.1) is 10.7 Å². The molecule has 3 N–H and O–H groups in total. The van der Waals surface area contributed by atoms with Crippen LogP contribution in [0.1, 0.15) is 21.5 Å². The number of halogens is 1. The van der Waals surface area contributed by atoms with E-state index in [-0.39, 0.29) is 5.78 Å². The van der Waals surface area contributed by atoms with Crippen LogP contribution in [-0.2, 0) is 0 Å². The zero-order chi connectivity index (χ0) is 13.1. The van der Waals surface area contributed by atoms with Crippen LogP contribution in [0.5, 0.6) is 0 Å². The Balaban J connectivity index is 2.46. The summed E-state index contributed by atoms with van der Waals surface area (Å²) in [5, 5.41) is 0.433. The molecule has 0 spiro atoms. The topological polar surface area (TPSA) is 55.1 Å². The van der Waals surface area contributed by atoms with Gasteiger partial charge >= 0.3 is 0 Å². The first-order chi connectivity index (χ1) is 8.63. The third-order valence-electron chi connectivity index (χ3n) is 2.75. The Bertz CT molecular complexity index is 582. The third-order valence-corrected chi connectivity index (χ3v) is 3.06. The van der Waals surface area contributed by atoms with Crippen LogP contribution in [0, 0.1) is 6.92 Å². The summed E-state index contributed by atoms with van der Waals surface area (Å²) in [6, 6.07) is 12.5. The quantitative estimate of drug-likeness (QED) is 0.506. The first kappa shape index (κ1) is 12.6. The molecule has 2 aromatic carbocycles. The van der Waals surface area contributed by atoms with Gasteiger partial charge in [-0.3, -0.25) is 10.6 Å². The molecule has 0 bridgehead atoms.